The number of aliphatic imine (C=N–C) groups is 2. The van der Waals surface area contributed by atoms with Crippen LogP contribution in [0.2, 0.25) is 0 Å². The van der Waals surface area contributed by atoms with Crippen molar-refractivity contribution in [2.75, 3.05) is 0 Å². The first-order valence-corrected chi connectivity index (χ1v) is 12.4. The van der Waals surface area contributed by atoms with Gasteiger partial charge in [0.25, 0.3) is 0 Å². The lowest BCUT2D eigenvalue weighted by atomic mass is 10.0. The summed E-state index contributed by atoms with van der Waals surface area (Å²) >= 11 is 0. The van der Waals surface area contributed by atoms with Crippen LogP contribution in [0.1, 0.15) is 59.1 Å². The van der Waals surface area contributed by atoms with Crippen molar-refractivity contribution in [3.8, 4) is 0 Å². The number of allylic oxidation sites excluding steroid dienone is 14. The molecule has 0 aliphatic heterocycles. The Hall–Kier alpha value is -3.78. The Bertz CT molecular complexity index is 1140. The first-order chi connectivity index (χ1) is 17.3. The summed E-state index contributed by atoms with van der Waals surface area (Å²) in [6, 6.07) is 8.65. The van der Waals surface area contributed by atoms with Gasteiger partial charge in [-0.2, -0.15) is 0 Å². The average Bonchev–Trinajstić information content (AvgIpc) is 2.86. The molecule has 0 aromatic heterocycles. The van der Waals surface area contributed by atoms with E-state index in [1.54, 1.807) is 18.4 Å². The Morgan fingerprint density at radius 2 is 1.78 bits per heavy atom. The zero-order valence-corrected chi connectivity index (χ0v) is 22.9. The monoisotopic (exact) mass is 478 g/mol. The molecule has 0 radical (unpaired) electrons. The Morgan fingerprint density at radius 1 is 1.03 bits per heavy atom. The Kier molecular flexibility index (Phi) is 14.8. The van der Waals surface area contributed by atoms with E-state index in [4.69, 9.17) is 4.99 Å². The molecule has 1 aromatic carbocycles. The predicted molar refractivity (Wildman–Crippen MR) is 164 cm³/mol. The van der Waals surface area contributed by atoms with Crippen LogP contribution < -0.4 is 0 Å². The second kappa shape index (κ2) is 17.6. The van der Waals surface area contributed by atoms with Crippen molar-refractivity contribution < 1.29 is 0 Å². The highest BCUT2D eigenvalue weighted by Crippen LogP contribution is 2.19. The van der Waals surface area contributed by atoms with Crippen LogP contribution in [-0.4, -0.2) is 18.0 Å². The molecule has 0 saturated heterocycles. The molecule has 0 unspecified atom stereocenters. The van der Waals surface area contributed by atoms with Crippen molar-refractivity contribution >= 4 is 17.5 Å². The molecule has 1 atom stereocenters. The van der Waals surface area contributed by atoms with Gasteiger partial charge in [0, 0.05) is 24.5 Å². The van der Waals surface area contributed by atoms with Crippen molar-refractivity contribution in [2.24, 2.45) is 9.98 Å². The van der Waals surface area contributed by atoms with Gasteiger partial charge in [-0.05, 0) is 81.5 Å². The van der Waals surface area contributed by atoms with Gasteiger partial charge in [0.2, 0.25) is 0 Å². The second-order valence-corrected chi connectivity index (χ2v) is 8.61. The third-order valence-corrected chi connectivity index (χ3v) is 5.36. The summed E-state index contributed by atoms with van der Waals surface area (Å²) < 4.78 is 0. The molecular formula is C34H42N2. The number of nitrogens with zero attached hydrogens (tertiary/aromatic N) is 2. The lowest BCUT2D eigenvalue weighted by Crippen LogP contribution is -2.02. The summed E-state index contributed by atoms with van der Waals surface area (Å²) in [5, 5.41) is 0. The fraction of sp³-hybridized carbons (Fsp3) is 0.235. The third-order valence-electron chi connectivity index (χ3n) is 5.36. The van der Waals surface area contributed by atoms with E-state index >= 15 is 0 Å². The summed E-state index contributed by atoms with van der Waals surface area (Å²) in [7, 11) is 0. The molecular weight excluding hydrogens is 436 g/mol. The van der Waals surface area contributed by atoms with Gasteiger partial charge >= 0.3 is 0 Å². The van der Waals surface area contributed by atoms with Gasteiger partial charge < -0.3 is 0 Å². The lowest BCUT2D eigenvalue weighted by Gasteiger charge is -2.08. The minimum absolute atomic E-state index is 0.100. The van der Waals surface area contributed by atoms with Crippen LogP contribution >= 0.6 is 0 Å². The molecule has 1 rings (SSSR count). The van der Waals surface area contributed by atoms with E-state index in [0.29, 0.717) is 0 Å². The standard InChI is InChI=1S/C34H42N2/c1-9-11-13-17-27(3)25-30(6)28(4)21-22-29(5)33-19-16-20-34(26-33)32(8)36-31(7)18-14-15-24-35-23-12-10-2/h9-14,16-26,31H,2,6,15H2,1,3-5,7-8H3/b11-9-,17-13-,18-14+,23-12-,27-25+,28-21-,29-22+,35-24?,36-32?/t31-/m0/s1. The molecule has 0 amide bonds. The molecule has 0 bridgehead atoms. The Morgan fingerprint density at radius 3 is 2.50 bits per heavy atom. The summed E-state index contributed by atoms with van der Waals surface area (Å²) in [6.07, 6.45) is 26.6. The quantitative estimate of drug-likeness (QED) is 0.153. The molecule has 0 N–H and O–H groups in total. The van der Waals surface area contributed by atoms with Crippen molar-refractivity contribution in [1.82, 2.24) is 0 Å². The van der Waals surface area contributed by atoms with Gasteiger partial charge in [-0.1, -0.05) is 97.7 Å². The van der Waals surface area contributed by atoms with Gasteiger partial charge in [0.15, 0.2) is 0 Å². The van der Waals surface area contributed by atoms with Gasteiger partial charge in [0.05, 0.1) is 6.04 Å². The van der Waals surface area contributed by atoms with Crippen LogP contribution in [0.25, 0.3) is 5.57 Å². The number of rotatable bonds is 13. The Balaban J connectivity index is 2.90. The van der Waals surface area contributed by atoms with Crippen molar-refractivity contribution in [1.29, 1.82) is 0 Å². The third kappa shape index (κ3) is 12.6. The van der Waals surface area contributed by atoms with Crippen LogP contribution in [0, 0.1) is 0 Å². The molecule has 1 aromatic rings. The van der Waals surface area contributed by atoms with Crippen LogP contribution in [0.4, 0.5) is 0 Å². The molecule has 0 fully saturated rings. The zero-order valence-electron chi connectivity index (χ0n) is 22.9. The topological polar surface area (TPSA) is 24.7 Å². The van der Waals surface area contributed by atoms with Crippen molar-refractivity contribution in [2.45, 2.75) is 54.0 Å². The van der Waals surface area contributed by atoms with Gasteiger partial charge in [0.1, 0.15) is 0 Å². The van der Waals surface area contributed by atoms with E-state index in [-0.39, 0.29) is 6.04 Å². The summed E-state index contributed by atoms with van der Waals surface area (Å²) in [5.74, 6) is 0. The van der Waals surface area contributed by atoms with E-state index in [9.17, 15) is 0 Å². The van der Waals surface area contributed by atoms with E-state index in [0.717, 1.165) is 28.8 Å². The molecule has 0 saturated carbocycles. The highest BCUT2D eigenvalue weighted by Gasteiger charge is 2.03. The van der Waals surface area contributed by atoms with Crippen molar-refractivity contribution in [3.63, 3.8) is 0 Å². The number of benzene rings is 1. The average molecular weight is 479 g/mol. The summed E-state index contributed by atoms with van der Waals surface area (Å²) in [4.78, 5) is 9.01. The van der Waals surface area contributed by atoms with E-state index in [2.05, 4.69) is 113 Å². The maximum Gasteiger partial charge on any atom is 0.0655 e. The molecule has 0 spiro atoms. The summed E-state index contributed by atoms with van der Waals surface area (Å²) in [6.45, 7) is 20.3. The highest BCUT2D eigenvalue weighted by atomic mass is 14.8. The van der Waals surface area contributed by atoms with Crippen LogP contribution in [-0.2, 0) is 0 Å². The first kappa shape index (κ1) is 30.3. The van der Waals surface area contributed by atoms with E-state index < -0.39 is 0 Å². The van der Waals surface area contributed by atoms with Gasteiger partial charge in [-0.25, -0.2) is 0 Å². The maximum absolute atomic E-state index is 4.85. The van der Waals surface area contributed by atoms with Gasteiger partial charge in [-0.15, -0.1) is 0 Å². The van der Waals surface area contributed by atoms with E-state index in [1.165, 1.54) is 16.7 Å². The molecule has 2 heteroatoms. The van der Waals surface area contributed by atoms with Gasteiger partial charge in [-0.3, -0.25) is 9.98 Å². The normalized spacial score (nSPS) is 15.3. The largest absolute Gasteiger partial charge is 0.282 e. The summed E-state index contributed by atoms with van der Waals surface area (Å²) in [5.41, 5.74) is 7.87. The lowest BCUT2D eigenvalue weighted by molar-refractivity contribution is 0.921. The zero-order chi connectivity index (χ0) is 26.8. The van der Waals surface area contributed by atoms with Crippen LogP contribution in [0.3, 0.4) is 0 Å². The van der Waals surface area contributed by atoms with Crippen molar-refractivity contribution in [3.05, 3.63) is 138 Å². The highest BCUT2D eigenvalue weighted by molar-refractivity contribution is 5.99. The second-order valence-electron chi connectivity index (χ2n) is 8.61. The predicted octanol–water partition coefficient (Wildman–Crippen LogP) is 9.59. The minimum atomic E-state index is 0.100. The van der Waals surface area contributed by atoms with Crippen LogP contribution in [0.5, 0.6) is 0 Å². The molecule has 188 valence electrons. The fourth-order valence-corrected chi connectivity index (χ4v) is 3.19. The molecule has 0 heterocycles. The minimum Gasteiger partial charge on any atom is -0.282 e. The smallest absolute Gasteiger partial charge is 0.0655 e. The Labute approximate surface area is 219 Å². The van der Waals surface area contributed by atoms with Crippen LogP contribution in [0.15, 0.2) is 137 Å². The first-order valence-electron chi connectivity index (χ1n) is 12.4. The molecule has 0 aliphatic carbocycles. The molecule has 36 heavy (non-hydrogen) atoms. The SMILES string of the molecule is C=C/C=C\N=CC/C=C/[C@H](C)N=C(C)c1cccc(/C(C)=C/C=C(/C)C(=C)/C=C(C)/C=C\C=C/C)c1. The maximum atomic E-state index is 4.85. The molecule has 0 aliphatic rings. The number of hydrogen-bond donors (Lipinski definition) is 0. The number of hydrogen-bond acceptors (Lipinski definition) is 2. The molecule has 2 nitrogen and oxygen atoms in total. The van der Waals surface area contributed by atoms with E-state index in [1.807, 2.05) is 31.4 Å². The fourth-order valence-electron chi connectivity index (χ4n) is 3.19.